The lowest BCUT2D eigenvalue weighted by Gasteiger charge is -2.34. The molecule has 1 saturated heterocycles. The van der Waals surface area contributed by atoms with Gasteiger partial charge in [-0.2, -0.15) is 13.2 Å². The smallest absolute Gasteiger partial charge is 0.393 e. The summed E-state index contributed by atoms with van der Waals surface area (Å²) in [7, 11) is 0. The summed E-state index contributed by atoms with van der Waals surface area (Å²) in [6, 6.07) is 6.51. The van der Waals surface area contributed by atoms with Gasteiger partial charge in [-0.3, -0.25) is 14.6 Å². The lowest BCUT2D eigenvalue weighted by Crippen LogP contribution is -2.52. The lowest BCUT2D eigenvalue weighted by atomic mass is 10.1. The summed E-state index contributed by atoms with van der Waals surface area (Å²) < 4.78 is 46.9. The number of carbonyl (C=O) groups is 2. The predicted molar refractivity (Wildman–Crippen MR) is 125 cm³/mol. The molecule has 1 aliphatic rings. The molecule has 4 aromatic rings. The summed E-state index contributed by atoms with van der Waals surface area (Å²) in [6.07, 6.45) is 2.41. The van der Waals surface area contributed by atoms with Gasteiger partial charge in [0, 0.05) is 54.1 Å². The summed E-state index contributed by atoms with van der Waals surface area (Å²) in [5, 5.41) is 0. The number of pyridine rings is 2. The first kappa shape index (κ1) is 23.6. The molecule has 0 radical (unpaired) electrons. The number of rotatable bonds is 5. The van der Waals surface area contributed by atoms with Crippen molar-refractivity contribution in [3.63, 3.8) is 0 Å². The molecule has 8 nitrogen and oxygen atoms in total. The highest BCUT2D eigenvalue weighted by atomic mass is 19.4. The maximum absolute atomic E-state index is 13.5. The van der Waals surface area contributed by atoms with Crippen LogP contribution in [-0.4, -0.2) is 56.9 Å². The zero-order valence-corrected chi connectivity index (χ0v) is 19.3. The number of carbonyl (C=O) groups excluding carboxylic acids is 2. The minimum atomic E-state index is -4.46. The van der Waals surface area contributed by atoms with Crippen LogP contribution in [0.15, 0.2) is 59.8 Å². The van der Waals surface area contributed by atoms with Crippen LogP contribution in [-0.2, 0) is 17.6 Å². The number of hydrogen-bond donors (Lipinski definition) is 0. The molecule has 36 heavy (non-hydrogen) atoms. The molecule has 1 aliphatic heterocycles. The second-order valence-corrected chi connectivity index (χ2v) is 8.49. The van der Waals surface area contributed by atoms with E-state index in [1.165, 1.54) is 23.5 Å². The van der Waals surface area contributed by atoms with E-state index in [4.69, 9.17) is 4.42 Å². The number of aryl methyl sites for hydroxylation is 1. The van der Waals surface area contributed by atoms with Gasteiger partial charge in [-0.25, -0.2) is 4.98 Å². The standard InChI is InChI=1S/C25H22F3N5O3/c1-2-20-22(24(35)31-8-9-32(21(34)14-31)19-3-6-29-7-4-19)30-23-17(12-25(26,27)28)11-18(13-33(20)23)16-5-10-36-15-16/h3-7,10-11,13,15H,2,8-9,12,14H2,1H3. The zero-order valence-electron chi connectivity index (χ0n) is 19.3. The number of anilines is 1. The Morgan fingerprint density at radius 2 is 1.92 bits per heavy atom. The van der Waals surface area contributed by atoms with Crippen molar-refractivity contribution in [2.24, 2.45) is 0 Å². The summed E-state index contributed by atoms with van der Waals surface area (Å²) in [5.74, 6) is -0.747. The van der Waals surface area contributed by atoms with Crippen LogP contribution in [0.5, 0.6) is 0 Å². The van der Waals surface area contributed by atoms with Gasteiger partial charge in [0.05, 0.1) is 24.6 Å². The van der Waals surface area contributed by atoms with Crippen LogP contribution in [0.25, 0.3) is 16.8 Å². The highest BCUT2D eigenvalue weighted by Gasteiger charge is 2.33. The van der Waals surface area contributed by atoms with Gasteiger partial charge in [-0.15, -0.1) is 0 Å². The van der Waals surface area contributed by atoms with Gasteiger partial charge in [0.25, 0.3) is 5.91 Å². The van der Waals surface area contributed by atoms with E-state index >= 15 is 0 Å². The Bertz CT molecular complexity index is 1410. The SMILES string of the molecule is CCc1c(C(=O)N2CCN(c3ccncc3)C(=O)C2)nc2c(CC(F)(F)F)cc(-c3ccoc3)cn12. The summed E-state index contributed by atoms with van der Waals surface area (Å²) >= 11 is 0. The molecule has 0 N–H and O–H groups in total. The average Bonchev–Trinajstić information content (AvgIpc) is 3.51. The van der Waals surface area contributed by atoms with Crippen molar-refractivity contribution in [1.82, 2.24) is 19.3 Å². The van der Waals surface area contributed by atoms with Gasteiger partial charge in [-0.05, 0) is 30.7 Å². The van der Waals surface area contributed by atoms with Gasteiger partial charge in [0.1, 0.15) is 12.2 Å². The fourth-order valence-electron chi connectivity index (χ4n) is 4.50. The van der Waals surface area contributed by atoms with Crippen molar-refractivity contribution < 1.29 is 27.2 Å². The molecule has 4 aromatic heterocycles. The summed E-state index contributed by atoms with van der Waals surface area (Å²) in [5.41, 5.74) is 2.37. The zero-order chi connectivity index (χ0) is 25.4. The Balaban J connectivity index is 1.52. The van der Waals surface area contributed by atoms with E-state index in [0.717, 1.165) is 0 Å². The number of amides is 2. The molecule has 0 unspecified atom stereocenters. The molecule has 5 rings (SSSR count). The van der Waals surface area contributed by atoms with Gasteiger partial charge >= 0.3 is 6.18 Å². The number of fused-ring (bicyclic) bond motifs is 1. The molecule has 0 saturated carbocycles. The fourth-order valence-corrected chi connectivity index (χ4v) is 4.50. The van der Waals surface area contributed by atoms with Crippen LogP contribution < -0.4 is 4.90 Å². The van der Waals surface area contributed by atoms with Crippen LogP contribution in [0.4, 0.5) is 18.9 Å². The molecule has 1 fully saturated rings. The lowest BCUT2D eigenvalue weighted by molar-refractivity contribution is -0.127. The van der Waals surface area contributed by atoms with E-state index < -0.39 is 18.5 Å². The first-order valence-corrected chi connectivity index (χ1v) is 11.4. The minimum absolute atomic E-state index is 0.0477. The van der Waals surface area contributed by atoms with Crippen LogP contribution >= 0.6 is 0 Å². The molecule has 2 amide bonds. The van der Waals surface area contributed by atoms with Gasteiger partial charge in [-0.1, -0.05) is 6.92 Å². The van der Waals surface area contributed by atoms with E-state index in [9.17, 15) is 22.8 Å². The van der Waals surface area contributed by atoms with E-state index in [-0.39, 0.29) is 42.4 Å². The molecule has 186 valence electrons. The third-order valence-electron chi connectivity index (χ3n) is 6.16. The summed E-state index contributed by atoms with van der Waals surface area (Å²) in [6.45, 7) is 2.20. The number of halogens is 3. The first-order chi connectivity index (χ1) is 17.2. The normalized spacial score (nSPS) is 14.6. The summed E-state index contributed by atoms with van der Waals surface area (Å²) in [4.78, 5) is 37.6. The number of furan rings is 1. The maximum atomic E-state index is 13.5. The van der Waals surface area contributed by atoms with Crippen LogP contribution in [0, 0.1) is 0 Å². The second-order valence-electron chi connectivity index (χ2n) is 8.49. The van der Waals surface area contributed by atoms with Crippen LogP contribution in [0.2, 0.25) is 0 Å². The monoisotopic (exact) mass is 497 g/mol. The molecule has 0 aromatic carbocycles. The van der Waals surface area contributed by atoms with E-state index in [1.807, 2.05) is 0 Å². The second kappa shape index (κ2) is 9.14. The number of alkyl halides is 3. The number of hydrogen-bond acceptors (Lipinski definition) is 5. The van der Waals surface area contributed by atoms with Crippen molar-refractivity contribution in [2.45, 2.75) is 25.9 Å². The van der Waals surface area contributed by atoms with E-state index in [1.54, 1.807) is 53.0 Å². The molecule has 0 bridgehead atoms. The molecular formula is C25H22F3N5O3. The molecule has 0 aliphatic carbocycles. The van der Waals surface area contributed by atoms with Gasteiger partial charge in [0.15, 0.2) is 5.69 Å². The topological polar surface area (TPSA) is 84.0 Å². The van der Waals surface area contributed by atoms with Crippen molar-refractivity contribution >= 4 is 23.1 Å². The molecule has 0 atom stereocenters. The maximum Gasteiger partial charge on any atom is 0.393 e. The highest BCUT2D eigenvalue weighted by molar-refractivity contribution is 6.01. The third-order valence-corrected chi connectivity index (χ3v) is 6.16. The van der Waals surface area contributed by atoms with Crippen molar-refractivity contribution in [2.75, 3.05) is 24.5 Å². The Hall–Kier alpha value is -4.15. The van der Waals surface area contributed by atoms with E-state index in [2.05, 4.69) is 9.97 Å². The Labute approximate surface area is 204 Å². The van der Waals surface area contributed by atoms with E-state index in [0.29, 0.717) is 28.9 Å². The van der Waals surface area contributed by atoms with Crippen molar-refractivity contribution in [1.29, 1.82) is 0 Å². The molecule has 5 heterocycles. The fraction of sp³-hybridized carbons (Fsp3) is 0.280. The first-order valence-electron chi connectivity index (χ1n) is 11.4. The third kappa shape index (κ3) is 4.43. The molecular weight excluding hydrogens is 475 g/mol. The Morgan fingerprint density at radius 1 is 1.14 bits per heavy atom. The minimum Gasteiger partial charge on any atom is -0.472 e. The quantitative estimate of drug-likeness (QED) is 0.414. The van der Waals surface area contributed by atoms with Crippen LogP contribution in [0.1, 0.15) is 28.7 Å². The van der Waals surface area contributed by atoms with Crippen molar-refractivity contribution in [3.8, 4) is 11.1 Å². The van der Waals surface area contributed by atoms with Gasteiger partial charge in [0.2, 0.25) is 5.91 Å². The number of piperazine rings is 1. The molecule has 11 heteroatoms. The Morgan fingerprint density at radius 3 is 2.56 bits per heavy atom. The largest absolute Gasteiger partial charge is 0.472 e. The van der Waals surface area contributed by atoms with Crippen molar-refractivity contribution in [3.05, 3.63) is 72.3 Å². The molecule has 0 spiro atoms. The highest BCUT2D eigenvalue weighted by Crippen LogP contribution is 2.31. The predicted octanol–water partition coefficient (Wildman–Crippen LogP) is 4.15. The number of nitrogens with zero attached hydrogens (tertiary/aromatic N) is 5. The Kier molecular flexibility index (Phi) is 5.99. The number of imidazole rings is 1. The van der Waals surface area contributed by atoms with Gasteiger partial charge < -0.3 is 18.6 Å². The number of aromatic nitrogens is 3. The van der Waals surface area contributed by atoms with Crippen LogP contribution in [0.3, 0.4) is 0 Å². The average molecular weight is 497 g/mol.